The van der Waals surface area contributed by atoms with Gasteiger partial charge in [-0.2, -0.15) is 23.3 Å². The van der Waals surface area contributed by atoms with E-state index in [-0.39, 0.29) is 16.1 Å². The van der Waals surface area contributed by atoms with Crippen LogP contribution >= 0.6 is 11.5 Å². The first kappa shape index (κ1) is 18.5. The Balaban J connectivity index is 1.90. The van der Waals surface area contributed by atoms with Crippen molar-refractivity contribution >= 4 is 33.9 Å². The van der Waals surface area contributed by atoms with Crippen molar-refractivity contribution in [3.63, 3.8) is 0 Å². The third-order valence-corrected chi connectivity index (χ3v) is 5.39. The van der Waals surface area contributed by atoms with E-state index in [4.69, 9.17) is 0 Å². The van der Waals surface area contributed by atoms with Gasteiger partial charge in [0.05, 0.1) is 12.1 Å². The first-order valence-electron chi connectivity index (χ1n) is 8.20. The molecular formula is C18H13F3N4O2S. The van der Waals surface area contributed by atoms with Gasteiger partial charge in [-0.15, -0.1) is 5.10 Å². The van der Waals surface area contributed by atoms with E-state index in [1.54, 1.807) is 36.4 Å². The van der Waals surface area contributed by atoms with Crippen LogP contribution in [0.2, 0.25) is 0 Å². The lowest BCUT2D eigenvalue weighted by Crippen LogP contribution is -2.44. The number of aromatic nitrogens is 2. The van der Waals surface area contributed by atoms with E-state index in [2.05, 4.69) is 14.7 Å². The molecule has 6 nitrogen and oxygen atoms in total. The second-order valence-corrected chi connectivity index (χ2v) is 7.12. The van der Waals surface area contributed by atoms with Crippen molar-refractivity contribution in [1.29, 1.82) is 0 Å². The third-order valence-electron chi connectivity index (χ3n) is 4.57. The van der Waals surface area contributed by atoms with Gasteiger partial charge in [0, 0.05) is 5.56 Å². The molecule has 0 bridgehead atoms. The summed E-state index contributed by atoms with van der Waals surface area (Å²) in [5, 5.41) is 20.3. The average molecular weight is 406 g/mol. The molecule has 10 heteroatoms. The van der Waals surface area contributed by atoms with E-state index in [0.29, 0.717) is 10.4 Å². The summed E-state index contributed by atoms with van der Waals surface area (Å²) in [5.74, 6) is -0.887. The number of carbonyl (C=O) groups excluding carboxylic acids is 1. The maximum Gasteiger partial charge on any atom is 0.431 e. The fourth-order valence-corrected chi connectivity index (χ4v) is 3.81. The van der Waals surface area contributed by atoms with Gasteiger partial charge >= 0.3 is 6.18 Å². The average Bonchev–Trinajstić information content (AvgIpc) is 3.24. The van der Waals surface area contributed by atoms with Gasteiger partial charge < -0.3 is 5.11 Å². The summed E-state index contributed by atoms with van der Waals surface area (Å²) < 4.78 is 43.8. The molecule has 144 valence electrons. The van der Waals surface area contributed by atoms with Gasteiger partial charge in [-0.25, -0.2) is 0 Å². The number of aliphatic hydroxyl groups is 1. The van der Waals surface area contributed by atoms with E-state index in [0.717, 1.165) is 16.9 Å². The predicted molar refractivity (Wildman–Crippen MR) is 96.8 cm³/mol. The largest absolute Gasteiger partial charge is 0.431 e. The quantitative estimate of drug-likeness (QED) is 0.705. The van der Waals surface area contributed by atoms with Gasteiger partial charge in [-0.3, -0.25) is 4.79 Å². The Morgan fingerprint density at radius 1 is 1.21 bits per heavy atom. The molecule has 2 heterocycles. The number of carbonyl (C=O) groups is 1. The minimum absolute atomic E-state index is 0.0193. The Hall–Kier alpha value is -2.85. The Morgan fingerprint density at radius 2 is 1.93 bits per heavy atom. The topological polar surface area (TPSA) is 78.7 Å². The summed E-state index contributed by atoms with van der Waals surface area (Å²) in [4.78, 5) is 13.0. The SMILES string of the molecule is Cc1nnsc1C(=O)N1N=C(C(F)(F)F)CC1(O)c1cccc2ccccc12. The number of amides is 1. The van der Waals surface area contributed by atoms with Crippen LogP contribution in [0, 0.1) is 6.92 Å². The first-order chi connectivity index (χ1) is 13.2. The molecule has 1 N–H and O–H groups in total. The Bertz CT molecular complexity index is 1110. The van der Waals surface area contributed by atoms with E-state index in [9.17, 15) is 23.1 Å². The second-order valence-electron chi connectivity index (χ2n) is 6.37. The lowest BCUT2D eigenvalue weighted by Gasteiger charge is -2.32. The number of hydrogen-bond acceptors (Lipinski definition) is 6. The summed E-state index contributed by atoms with van der Waals surface area (Å²) in [5.41, 5.74) is -3.10. The fraction of sp³-hybridized carbons (Fsp3) is 0.222. The number of nitrogens with zero attached hydrogens (tertiary/aromatic N) is 4. The predicted octanol–water partition coefficient (Wildman–Crippen LogP) is 3.61. The molecule has 0 aliphatic carbocycles. The molecule has 0 fully saturated rings. The molecule has 2 aromatic carbocycles. The molecular weight excluding hydrogens is 393 g/mol. The Kier molecular flexibility index (Phi) is 4.20. The van der Waals surface area contributed by atoms with Crippen molar-refractivity contribution in [3.8, 4) is 0 Å². The summed E-state index contributed by atoms with van der Waals surface area (Å²) in [6.07, 6.45) is -5.66. The highest BCUT2D eigenvalue weighted by Crippen LogP contribution is 2.43. The lowest BCUT2D eigenvalue weighted by molar-refractivity contribution is -0.0805. The van der Waals surface area contributed by atoms with Gasteiger partial charge in [0.2, 0.25) is 0 Å². The molecule has 1 aliphatic rings. The lowest BCUT2D eigenvalue weighted by atomic mass is 9.92. The minimum Gasteiger partial charge on any atom is -0.365 e. The van der Waals surface area contributed by atoms with Crippen molar-refractivity contribution in [2.45, 2.75) is 25.2 Å². The maximum absolute atomic E-state index is 13.4. The number of hydrazone groups is 1. The summed E-state index contributed by atoms with van der Waals surface area (Å²) in [7, 11) is 0. The molecule has 0 saturated heterocycles. The zero-order chi connectivity index (χ0) is 20.1. The van der Waals surface area contributed by atoms with Crippen LogP contribution < -0.4 is 0 Å². The summed E-state index contributed by atoms with van der Waals surface area (Å²) in [6, 6.07) is 11.8. The zero-order valence-corrected chi connectivity index (χ0v) is 15.3. The zero-order valence-electron chi connectivity index (χ0n) is 14.4. The number of alkyl halides is 3. The molecule has 1 aliphatic heterocycles. The Labute approximate surface area is 161 Å². The van der Waals surface area contributed by atoms with Crippen LogP contribution in [-0.4, -0.2) is 37.5 Å². The number of hydrogen-bond donors (Lipinski definition) is 1. The number of benzene rings is 2. The molecule has 0 radical (unpaired) electrons. The number of halogens is 3. The highest BCUT2D eigenvalue weighted by molar-refractivity contribution is 7.08. The van der Waals surface area contributed by atoms with Crippen LogP contribution in [0.1, 0.15) is 27.3 Å². The minimum atomic E-state index is -4.78. The molecule has 28 heavy (non-hydrogen) atoms. The van der Waals surface area contributed by atoms with Crippen molar-refractivity contribution in [3.05, 3.63) is 58.6 Å². The molecule has 1 amide bonds. The van der Waals surface area contributed by atoms with Crippen molar-refractivity contribution in [2.75, 3.05) is 0 Å². The van der Waals surface area contributed by atoms with Crippen LogP contribution in [0.4, 0.5) is 13.2 Å². The smallest absolute Gasteiger partial charge is 0.365 e. The normalized spacial score (nSPS) is 19.9. The number of fused-ring (bicyclic) bond motifs is 1. The fourth-order valence-electron chi connectivity index (χ4n) is 3.23. The van der Waals surface area contributed by atoms with Crippen molar-refractivity contribution in [1.82, 2.24) is 14.6 Å². The Morgan fingerprint density at radius 3 is 2.61 bits per heavy atom. The maximum atomic E-state index is 13.4. The molecule has 1 aromatic heterocycles. The van der Waals surface area contributed by atoms with E-state index >= 15 is 0 Å². The van der Waals surface area contributed by atoms with E-state index < -0.39 is 29.9 Å². The first-order valence-corrected chi connectivity index (χ1v) is 8.98. The van der Waals surface area contributed by atoms with Gasteiger partial charge in [-0.05, 0) is 29.2 Å². The second kappa shape index (κ2) is 6.35. The van der Waals surface area contributed by atoms with Crippen LogP contribution in [0.5, 0.6) is 0 Å². The molecule has 0 saturated carbocycles. The van der Waals surface area contributed by atoms with Gasteiger partial charge in [-0.1, -0.05) is 47.0 Å². The van der Waals surface area contributed by atoms with E-state index in [1.807, 2.05) is 0 Å². The van der Waals surface area contributed by atoms with Gasteiger partial charge in [0.1, 0.15) is 10.6 Å². The van der Waals surface area contributed by atoms with Gasteiger partial charge in [0.15, 0.2) is 5.72 Å². The summed E-state index contributed by atoms with van der Waals surface area (Å²) in [6.45, 7) is 1.51. The monoisotopic (exact) mass is 406 g/mol. The number of rotatable bonds is 2. The molecule has 0 spiro atoms. The van der Waals surface area contributed by atoms with Crippen LogP contribution in [0.15, 0.2) is 47.6 Å². The molecule has 1 atom stereocenters. The molecule has 3 aromatic rings. The van der Waals surface area contributed by atoms with Crippen molar-refractivity contribution < 1.29 is 23.1 Å². The standard InChI is InChI=1S/C18H13F3N4O2S/c1-10-15(28-24-22-10)16(26)25-17(27,9-14(23-25)18(19,20)21)13-8-4-6-11-5-2-3-7-12(11)13/h2-8,27H,9H2,1H3. The van der Waals surface area contributed by atoms with E-state index in [1.165, 1.54) is 13.0 Å². The van der Waals surface area contributed by atoms with Crippen LogP contribution in [0.3, 0.4) is 0 Å². The van der Waals surface area contributed by atoms with Crippen molar-refractivity contribution in [2.24, 2.45) is 5.10 Å². The number of aryl methyl sites for hydroxylation is 1. The van der Waals surface area contributed by atoms with Gasteiger partial charge in [0.25, 0.3) is 5.91 Å². The van der Waals surface area contributed by atoms with Crippen LogP contribution in [-0.2, 0) is 5.72 Å². The highest BCUT2D eigenvalue weighted by Gasteiger charge is 2.54. The third kappa shape index (κ3) is 2.85. The highest BCUT2D eigenvalue weighted by atomic mass is 32.1. The van der Waals surface area contributed by atoms with Crippen LogP contribution in [0.25, 0.3) is 10.8 Å². The summed E-state index contributed by atoms with van der Waals surface area (Å²) >= 11 is 0.739. The molecule has 4 rings (SSSR count). The molecule has 1 unspecified atom stereocenters.